The Morgan fingerprint density at radius 2 is 2.32 bits per heavy atom. The Morgan fingerprint density at radius 3 is 3.16 bits per heavy atom. The highest BCUT2D eigenvalue weighted by atomic mass is 15.3. The van der Waals surface area contributed by atoms with E-state index in [1.807, 2.05) is 12.3 Å². The van der Waals surface area contributed by atoms with Crippen molar-refractivity contribution in [3.8, 4) is 0 Å². The minimum atomic E-state index is 0.190. The molecule has 0 aliphatic carbocycles. The van der Waals surface area contributed by atoms with Crippen LogP contribution in [0.15, 0.2) is 18.3 Å². The summed E-state index contributed by atoms with van der Waals surface area (Å²) in [5.41, 5.74) is 7.25. The van der Waals surface area contributed by atoms with Crippen molar-refractivity contribution >= 4 is 5.82 Å². The Balaban J connectivity index is 1.78. The van der Waals surface area contributed by atoms with Crippen LogP contribution < -0.4 is 10.6 Å². The highest BCUT2D eigenvalue weighted by molar-refractivity contribution is 5.48. The first-order valence-corrected chi connectivity index (χ1v) is 7.42. The van der Waals surface area contributed by atoms with Gasteiger partial charge in [-0.1, -0.05) is 6.07 Å². The Hall–Kier alpha value is -1.13. The number of anilines is 1. The molecular weight excluding hydrogens is 236 g/mol. The van der Waals surface area contributed by atoms with Gasteiger partial charge < -0.3 is 10.6 Å². The first-order chi connectivity index (χ1) is 9.24. The number of hydrogen-bond donors (Lipinski definition) is 1. The summed E-state index contributed by atoms with van der Waals surface area (Å²) < 4.78 is 0. The summed E-state index contributed by atoms with van der Waals surface area (Å²) in [6, 6.07) is 5.12. The topological polar surface area (TPSA) is 45.4 Å². The summed E-state index contributed by atoms with van der Waals surface area (Å²) in [6.45, 7) is 6.75. The van der Waals surface area contributed by atoms with Crippen LogP contribution in [-0.2, 0) is 6.42 Å². The van der Waals surface area contributed by atoms with E-state index in [0.717, 1.165) is 31.4 Å². The summed E-state index contributed by atoms with van der Waals surface area (Å²) >= 11 is 0. The summed E-state index contributed by atoms with van der Waals surface area (Å²) in [6.07, 6.45) is 5.51. The van der Waals surface area contributed by atoms with Crippen LogP contribution in [0.1, 0.15) is 25.3 Å². The first-order valence-electron chi connectivity index (χ1n) is 7.42. The molecule has 0 bridgehead atoms. The summed E-state index contributed by atoms with van der Waals surface area (Å²) in [4.78, 5) is 9.71. The van der Waals surface area contributed by atoms with E-state index < -0.39 is 0 Å². The fourth-order valence-corrected chi connectivity index (χ4v) is 3.40. The molecular formula is C15H24N4. The van der Waals surface area contributed by atoms with Crippen molar-refractivity contribution < 1.29 is 0 Å². The molecule has 1 aromatic heterocycles. The third-order valence-corrected chi connectivity index (χ3v) is 4.30. The standard InChI is InChI=1S/C15H24N4/c1-12(16)10-13-4-2-6-17-15(13)19-9-8-18-7-3-5-14(18)11-19/h2,4,6,12,14H,3,5,7-11,16H2,1H3. The largest absolute Gasteiger partial charge is 0.354 e. The molecule has 3 rings (SSSR count). The van der Waals surface area contributed by atoms with Crippen LogP contribution in [0, 0.1) is 0 Å². The number of fused-ring (bicyclic) bond motifs is 1. The molecule has 0 radical (unpaired) electrons. The maximum Gasteiger partial charge on any atom is 0.131 e. The average molecular weight is 260 g/mol. The predicted molar refractivity (Wildman–Crippen MR) is 78.4 cm³/mol. The lowest BCUT2D eigenvalue weighted by atomic mass is 10.1. The van der Waals surface area contributed by atoms with Gasteiger partial charge in [0.1, 0.15) is 5.82 Å². The minimum absolute atomic E-state index is 0.190. The van der Waals surface area contributed by atoms with Gasteiger partial charge in [-0.05, 0) is 44.4 Å². The SMILES string of the molecule is CC(N)Cc1cccnc1N1CCN2CCCC2C1. The van der Waals surface area contributed by atoms with Crippen LogP contribution >= 0.6 is 0 Å². The molecule has 2 unspecified atom stereocenters. The highest BCUT2D eigenvalue weighted by Crippen LogP contribution is 2.26. The molecule has 2 aliphatic heterocycles. The molecule has 1 aromatic rings. The number of pyridine rings is 1. The third kappa shape index (κ3) is 2.74. The van der Waals surface area contributed by atoms with Crippen LogP contribution in [0.25, 0.3) is 0 Å². The number of aromatic nitrogens is 1. The molecule has 3 heterocycles. The molecule has 0 saturated carbocycles. The fraction of sp³-hybridized carbons (Fsp3) is 0.667. The lowest BCUT2D eigenvalue weighted by Crippen LogP contribution is -2.50. The first kappa shape index (κ1) is 12.9. The Kier molecular flexibility index (Phi) is 3.71. The van der Waals surface area contributed by atoms with Crippen LogP contribution in [0.3, 0.4) is 0 Å². The fourth-order valence-electron chi connectivity index (χ4n) is 3.40. The van der Waals surface area contributed by atoms with Crippen molar-refractivity contribution in [2.45, 2.75) is 38.3 Å². The van der Waals surface area contributed by atoms with Crippen molar-refractivity contribution in [3.63, 3.8) is 0 Å². The zero-order valence-electron chi connectivity index (χ0n) is 11.8. The average Bonchev–Trinajstić information content (AvgIpc) is 2.86. The summed E-state index contributed by atoms with van der Waals surface area (Å²) in [5, 5.41) is 0. The molecule has 0 spiro atoms. The molecule has 2 atom stereocenters. The number of piperazine rings is 1. The van der Waals surface area contributed by atoms with E-state index in [0.29, 0.717) is 0 Å². The quantitative estimate of drug-likeness (QED) is 0.888. The van der Waals surface area contributed by atoms with E-state index in [1.54, 1.807) is 0 Å². The van der Waals surface area contributed by atoms with E-state index in [4.69, 9.17) is 5.73 Å². The van der Waals surface area contributed by atoms with Gasteiger partial charge in [0.2, 0.25) is 0 Å². The van der Waals surface area contributed by atoms with E-state index in [2.05, 4.69) is 27.8 Å². The molecule has 4 nitrogen and oxygen atoms in total. The number of nitrogens with zero attached hydrogens (tertiary/aromatic N) is 3. The molecule has 2 saturated heterocycles. The zero-order valence-corrected chi connectivity index (χ0v) is 11.8. The monoisotopic (exact) mass is 260 g/mol. The Labute approximate surface area is 115 Å². The molecule has 19 heavy (non-hydrogen) atoms. The van der Waals surface area contributed by atoms with Gasteiger partial charge in [0.05, 0.1) is 0 Å². The highest BCUT2D eigenvalue weighted by Gasteiger charge is 2.31. The van der Waals surface area contributed by atoms with E-state index in [9.17, 15) is 0 Å². The van der Waals surface area contributed by atoms with Gasteiger partial charge in [-0.3, -0.25) is 4.90 Å². The Morgan fingerprint density at radius 1 is 1.42 bits per heavy atom. The van der Waals surface area contributed by atoms with Crippen molar-refractivity contribution in [1.82, 2.24) is 9.88 Å². The molecule has 2 aliphatic rings. The van der Waals surface area contributed by atoms with Gasteiger partial charge in [0.25, 0.3) is 0 Å². The van der Waals surface area contributed by atoms with Crippen molar-refractivity contribution in [3.05, 3.63) is 23.9 Å². The second-order valence-electron chi connectivity index (χ2n) is 5.95. The van der Waals surface area contributed by atoms with E-state index in [1.165, 1.54) is 31.5 Å². The van der Waals surface area contributed by atoms with Crippen molar-refractivity contribution in [2.24, 2.45) is 5.73 Å². The van der Waals surface area contributed by atoms with Gasteiger partial charge >= 0.3 is 0 Å². The molecule has 0 aromatic carbocycles. The van der Waals surface area contributed by atoms with Gasteiger partial charge in [-0.2, -0.15) is 0 Å². The van der Waals surface area contributed by atoms with Crippen LogP contribution in [0.5, 0.6) is 0 Å². The molecule has 2 N–H and O–H groups in total. The number of rotatable bonds is 3. The number of hydrogen-bond acceptors (Lipinski definition) is 4. The maximum absolute atomic E-state index is 5.95. The van der Waals surface area contributed by atoms with Crippen molar-refractivity contribution in [1.29, 1.82) is 0 Å². The zero-order chi connectivity index (χ0) is 13.2. The lowest BCUT2D eigenvalue weighted by Gasteiger charge is -2.39. The van der Waals surface area contributed by atoms with E-state index in [-0.39, 0.29) is 6.04 Å². The molecule has 104 valence electrons. The second-order valence-corrected chi connectivity index (χ2v) is 5.95. The van der Waals surface area contributed by atoms with Crippen LogP contribution in [0.4, 0.5) is 5.82 Å². The summed E-state index contributed by atoms with van der Waals surface area (Å²) in [7, 11) is 0. The van der Waals surface area contributed by atoms with Gasteiger partial charge in [0.15, 0.2) is 0 Å². The van der Waals surface area contributed by atoms with Gasteiger partial charge in [-0.15, -0.1) is 0 Å². The molecule has 4 heteroatoms. The molecule has 0 amide bonds. The van der Waals surface area contributed by atoms with Crippen molar-refractivity contribution in [2.75, 3.05) is 31.1 Å². The minimum Gasteiger partial charge on any atom is -0.354 e. The third-order valence-electron chi connectivity index (χ3n) is 4.30. The van der Waals surface area contributed by atoms with Crippen LogP contribution in [0.2, 0.25) is 0 Å². The second kappa shape index (κ2) is 5.47. The predicted octanol–water partition coefficient (Wildman–Crippen LogP) is 1.26. The number of nitrogens with two attached hydrogens (primary N) is 1. The maximum atomic E-state index is 5.95. The smallest absolute Gasteiger partial charge is 0.131 e. The summed E-state index contributed by atoms with van der Waals surface area (Å²) in [5.74, 6) is 1.16. The van der Waals surface area contributed by atoms with Gasteiger partial charge in [-0.25, -0.2) is 4.98 Å². The van der Waals surface area contributed by atoms with Gasteiger partial charge in [0, 0.05) is 37.9 Å². The normalized spacial score (nSPS) is 25.4. The molecule has 2 fully saturated rings. The Bertz CT molecular complexity index is 432. The van der Waals surface area contributed by atoms with Crippen LogP contribution in [-0.4, -0.2) is 48.1 Å². The van der Waals surface area contributed by atoms with E-state index >= 15 is 0 Å². The lowest BCUT2D eigenvalue weighted by molar-refractivity contribution is 0.230.